The van der Waals surface area contributed by atoms with E-state index in [4.69, 9.17) is 4.52 Å². The Bertz CT molecular complexity index is 534. The lowest BCUT2D eigenvalue weighted by atomic mass is 9.99. The minimum absolute atomic E-state index is 0.141. The fourth-order valence-electron chi connectivity index (χ4n) is 2.87. The van der Waals surface area contributed by atoms with Gasteiger partial charge in [0.25, 0.3) is 0 Å². The first kappa shape index (κ1) is 13.1. The predicted octanol–water partition coefficient (Wildman–Crippen LogP) is 0.514. The van der Waals surface area contributed by atoms with Gasteiger partial charge < -0.3 is 9.84 Å². The third kappa shape index (κ3) is 3.14. The molecule has 0 bridgehead atoms. The maximum Gasteiger partial charge on any atom is 0.226 e. The molecule has 3 heterocycles. The molecule has 0 aromatic carbocycles. The molecule has 0 amide bonds. The van der Waals surface area contributed by atoms with Gasteiger partial charge in [0.1, 0.15) is 0 Å². The smallest absolute Gasteiger partial charge is 0.226 e. The van der Waals surface area contributed by atoms with Crippen molar-refractivity contribution in [2.45, 2.75) is 31.6 Å². The average Bonchev–Trinajstić information content (AvgIpc) is 2.98. The SMILES string of the molecule is O=S1(=O)CCC(Cc2nc(C3CCCNC3)no2)C1. The van der Waals surface area contributed by atoms with Gasteiger partial charge in [-0.05, 0) is 31.7 Å². The number of hydrogen-bond donors (Lipinski definition) is 1. The van der Waals surface area contributed by atoms with Crippen LogP contribution in [0, 0.1) is 5.92 Å². The van der Waals surface area contributed by atoms with Crippen LogP contribution < -0.4 is 5.32 Å². The number of aromatic nitrogens is 2. The van der Waals surface area contributed by atoms with E-state index in [0.717, 1.165) is 31.8 Å². The van der Waals surface area contributed by atoms with E-state index < -0.39 is 9.84 Å². The lowest BCUT2D eigenvalue weighted by Crippen LogP contribution is -2.28. The third-order valence-electron chi connectivity index (χ3n) is 3.94. The first-order chi connectivity index (χ1) is 9.12. The number of nitrogens with zero attached hydrogens (tertiary/aromatic N) is 2. The van der Waals surface area contributed by atoms with Crippen LogP contribution in [0.1, 0.15) is 36.9 Å². The van der Waals surface area contributed by atoms with Crippen molar-refractivity contribution >= 4 is 9.84 Å². The summed E-state index contributed by atoms with van der Waals surface area (Å²) in [7, 11) is -2.83. The second-order valence-electron chi connectivity index (χ2n) is 5.56. The zero-order valence-corrected chi connectivity index (χ0v) is 11.7. The van der Waals surface area contributed by atoms with E-state index in [9.17, 15) is 8.42 Å². The molecule has 2 aliphatic heterocycles. The number of sulfone groups is 1. The Hall–Kier alpha value is -0.950. The highest BCUT2D eigenvalue weighted by atomic mass is 32.2. The Kier molecular flexibility index (Phi) is 3.58. The quantitative estimate of drug-likeness (QED) is 0.871. The largest absolute Gasteiger partial charge is 0.339 e. The summed E-state index contributed by atoms with van der Waals surface area (Å²) in [5.41, 5.74) is 0. The van der Waals surface area contributed by atoms with E-state index in [0.29, 0.717) is 30.4 Å². The van der Waals surface area contributed by atoms with Crippen LogP contribution in [0.15, 0.2) is 4.52 Å². The molecule has 1 aromatic heterocycles. The van der Waals surface area contributed by atoms with E-state index in [1.165, 1.54) is 0 Å². The highest BCUT2D eigenvalue weighted by Crippen LogP contribution is 2.24. The summed E-state index contributed by atoms with van der Waals surface area (Å²) in [4.78, 5) is 4.43. The zero-order valence-electron chi connectivity index (χ0n) is 10.8. The first-order valence-electron chi connectivity index (χ1n) is 6.86. The van der Waals surface area contributed by atoms with E-state index in [1.54, 1.807) is 0 Å². The van der Waals surface area contributed by atoms with Crippen molar-refractivity contribution in [3.63, 3.8) is 0 Å². The molecule has 2 atom stereocenters. The van der Waals surface area contributed by atoms with Crippen molar-refractivity contribution in [2.75, 3.05) is 24.6 Å². The predicted molar refractivity (Wildman–Crippen MR) is 69.6 cm³/mol. The highest BCUT2D eigenvalue weighted by Gasteiger charge is 2.30. The van der Waals surface area contributed by atoms with Crippen molar-refractivity contribution in [3.8, 4) is 0 Å². The average molecular weight is 285 g/mol. The van der Waals surface area contributed by atoms with Gasteiger partial charge in [-0.2, -0.15) is 4.98 Å². The molecule has 0 spiro atoms. The molecule has 1 N–H and O–H groups in total. The summed E-state index contributed by atoms with van der Waals surface area (Å²) >= 11 is 0. The van der Waals surface area contributed by atoms with Crippen molar-refractivity contribution in [1.82, 2.24) is 15.5 Å². The van der Waals surface area contributed by atoms with Gasteiger partial charge in [-0.15, -0.1) is 0 Å². The van der Waals surface area contributed by atoms with Gasteiger partial charge in [0, 0.05) is 18.9 Å². The minimum Gasteiger partial charge on any atom is -0.339 e. The number of rotatable bonds is 3. The van der Waals surface area contributed by atoms with E-state index in [1.807, 2.05) is 0 Å². The Morgan fingerprint density at radius 1 is 1.37 bits per heavy atom. The van der Waals surface area contributed by atoms with Crippen LogP contribution >= 0.6 is 0 Å². The highest BCUT2D eigenvalue weighted by molar-refractivity contribution is 7.91. The summed E-state index contributed by atoms with van der Waals surface area (Å²) in [5, 5.41) is 7.37. The maximum atomic E-state index is 11.4. The van der Waals surface area contributed by atoms with Gasteiger partial charge in [0.15, 0.2) is 15.7 Å². The Labute approximate surface area is 112 Å². The van der Waals surface area contributed by atoms with Crippen LogP contribution in [0.3, 0.4) is 0 Å². The van der Waals surface area contributed by atoms with Crippen LogP contribution in [0.25, 0.3) is 0 Å². The van der Waals surface area contributed by atoms with Crippen LogP contribution in [0.4, 0.5) is 0 Å². The molecular formula is C12H19N3O3S. The summed E-state index contributed by atoms with van der Waals surface area (Å²) in [6.45, 7) is 1.96. The molecular weight excluding hydrogens is 266 g/mol. The fraction of sp³-hybridized carbons (Fsp3) is 0.833. The van der Waals surface area contributed by atoms with Gasteiger partial charge in [-0.1, -0.05) is 5.16 Å². The van der Waals surface area contributed by atoms with Gasteiger partial charge in [0.2, 0.25) is 5.89 Å². The monoisotopic (exact) mass is 285 g/mol. The molecule has 2 unspecified atom stereocenters. The van der Waals surface area contributed by atoms with Crippen LogP contribution in [-0.4, -0.2) is 43.2 Å². The topological polar surface area (TPSA) is 85.1 Å². The lowest BCUT2D eigenvalue weighted by Gasteiger charge is -2.19. The Morgan fingerprint density at radius 2 is 2.26 bits per heavy atom. The summed E-state index contributed by atoms with van der Waals surface area (Å²) in [6.07, 6.45) is 3.52. The third-order valence-corrected chi connectivity index (χ3v) is 5.77. The molecule has 2 saturated heterocycles. The van der Waals surface area contributed by atoms with E-state index in [-0.39, 0.29) is 11.7 Å². The maximum absolute atomic E-state index is 11.4. The van der Waals surface area contributed by atoms with Gasteiger partial charge in [0.05, 0.1) is 11.5 Å². The van der Waals surface area contributed by atoms with Crippen LogP contribution in [0.2, 0.25) is 0 Å². The molecule has 2 aliphatic rings. The summed E-state index contributed by atoms with van der Waals surface area (Å²) in [5.74, 6) is 2.38. The van der Waals surface area contributed by atoms with Gasteiger partial charge >= 0.3 is 0 Å². The molecule has 106 valence electrons. The number of piperidine rings is 1. The second-order valence-corrected chi connectivity index (χ2v) is 7.79. The second kappa shape index (κ2) is 5.20. The Morgan fingerprint density at radius 3 is 2.95 bits per heavy atom. The standard InChI is InChI=1S/C12H19N3O3S/c16-19(17)5-3-9(8-19)6-11-14-12(15-18-11)10-2-1-4-13-7-10/h9-10,13H,1-8H2. The fourth-order valence-corrected chi connectivity index (χ4v) is 4.73. The molecule has 1 aromatic rings. The summed E-state index contributed by atoms with van der Waals surface area (Å²) < 4.78 is 28.1. The van der Waals surface area contributed by atoms with E-state index >= 15 is 0 Å². The van der Waals surface area contributed by atoms with Crippen molar-refractivity contribution in [3.05, 3.63) is 11.7 Å². The molecule has 0 saturated carbocycles. The normalized spacial score (nSPS) is 30.5. The molecule has 0 radical (unpaired) electrons. The number of hydrogen-bond acceptors (Lipinski definition) is 6. The lowest BCUT2D eigenvalue weighted by molar-refractivity contribution is 0.347. The molecule has 2 fully saturated rings. The van der Waals surface area contributed by atoms with Crippen molar-refractivity contribution in [2.24, 2.45) is 5.92 Å². The molecule has 19 heavy (non-hydrogen) atoms. The molecule has 6 nitrogen and oxygen atoms in total. The van der Waals surface area contributed by atoms with E-state index in [2.05, 4.69) is 15.5 Å². The number of nitrogens with one attached hydrogen (secondary N) is 1. The first-order valence-corrected chi connectivity index (χ1v) is 8.68. The van der Waals surface area contributed by atoms with Crippen LogP contribution in [-0.2, 0) is 16.3 Å². The van der Waals surface area contributed by atoms with Gasteiger partial charge in [-0.25, -0.2) is 8.42 Å². The zero-order chi connectivity index (χ0) is 13.3. The molecule has 0 aliphatic carbocycles. The van der Waals surface area contributed by atoms with Gasteiger partial charge in [-0.3, -0.25) is 0 Å². The molecule has 7 heteroatoms. The van der Waals surface area contributed by atoms with Crippen molar-refractivity contribution < 1.29 is 12.9 Å². The summed E-state index contributed by atoms with van der Waals surface area (Å²) in [6, 6.07) is 0. The van der Waals surface area contributed by atoms with Crippen molar-refractivity contribution in [1.29, 1.82) is 0 Å². The minimum atomic E-state index is -2.83. The Balaban J connectivity index is 1.62. The van der Waals surface area contributed by atoms with Crippen LogP contribution in [0.5, 0.6) is 0 Å². The molecule has 3 rings (SSSR count).